The molecule has 1 aliphatic rings. The van der Waals surface area contributed by atoms with Crippen molar-refractivity contribution in [3.05, 3.63) is 0 Å². The summed E-state index contributed by atoms with van der Waals surface area (Å²) < 4.78 is 4.64. The number of esters is 1. The highest BCUT2D eigenvalue weighted by Crippen LogP contribution is 2.04. The van der Waals surface area contributed by atoms with E-state index in [1.54, 1.807) is 0 Å². The molecule has 0 atom stereocenters. The zero-order valence-corrected chi connectivity index (χ0v) is 6.50. The van der Waals surface area contributed by atoms with Crippen LogP contribution in [0.1, 0.15) is 26.2 Å². The van der Waals surface area contributed by atoms with E-state index in [-0.39, 0.29) is 5.97 Å². The van der Waals surface area contributed by atoms with E-state index >= 15 is 0 Å². The number of cyclic esters (lactones) is 1. The molecule has 11 heavy (non-hydrogen) atoms. The van der Waals surface area contributed by atoms with E-state index in [9.17, 15) is 4.79 Å². The molecule has 0 spiro atoms. The lowest BCUT2D eigenvalue weighted by Gasteiger charge is -2.08. The fraction of sp³-hybridized carbons (Fsp3) is 0.714. The third-order valence-corrected chi connectivity index (χ3v) is 1.04. The Labute approximate surface area is 65.2 Å². The Bertz CT molecular complexity index is 129. The highest BCUT2D eigenvalue weighted by molar-refractivity contribution is 5.69. The van der Waals surface area contributed by atoms with Crippen LogP contribution in [0.15, 0.2) is 0 Å². The minimum absolute atomic E-state index is 0.0359. The van der Waals surface area contributed by atoms with Crippen LogP contribution in [0.5, 0.6) is 0 Å². The van der Waals surface area contributed by atoms with Gasteiger partial charge in [-0.25, -0.2) is 0 Å². The van der Waals surface area contributed by atoms with Gasteiger partial charge in [-0.2, -0.15) is 0 Å². The quantitative estimate of drug-likeness (QED) is 0.532. The summed E-state index contributed by atoms with van der Waals surface area (Å²) >= 11 is 0. The van der Waals surface area contributed by atoms with Crippen molar-refractivity contribution in [1.29, 1.82) is 0 Å². The first-order chi connectivity index (χ1) is 5.13. The molecule has 0 aromatic carbocycles. The van der Waals surface area contributed by atoms with Crippen molar-refractivity contribution in [1.82, 2.24) is 0 Å². The third kappa shape index (κ3) is 8.94. The maximum absolute atomic E-state index is 10.2. The highest BCUT2D eigenvalue weighted by atomic mass is 16.5. The molecule has 1 heterocycles. The van der Waals surface area contributed by atoms with Gasteiger partial charge in [-0.05, 0) is 12.8 Å². The predicted molar refractivity (Wildman–Crippen MR) is 38.1 cm³/mol. The zero-order chi connectivity index (χ0) is 8.69. The number of hydrogen-bond donors (Lipinski definition) is 1. The maximum atomic E-state index is 10.2. The van der Waals surface area contributed by atoms with Crippen LogP contribution in [0.25, 0.3) is 0 Å². The molecule has 64 valence electrons. The topological polar surface area (TPSA) is 63.6 Å². The first kappa shape index (κ1) is 9.94. The number of aliphatic carboxylic acids is 1. The van der Waals surface area contributed by atoms with E-state index in [0.717, 1.165) is 19.8 Å². The summed E-state index contributed by atoms with van der Waals surface area (Å²) in [6.07, 6.45) is 2.69. The molecule has 1 fully saturated rings. The molecule has 0 saturated carbocycles. The van der Waals surface area contributed by atoms with Crippen molar-refractivity contribution < 1.29 is 19.4 Å². The smallest absolute Gasteiger partial charge is 0.305 e. The van der Waals surface area contributed by atoms with Gasteiger partial charge in [0.05, 0.1) is 6.61 Å². The number of carboxylic acid groups (broad SMARTS) is 1. The van der Waals surface area contributed by atoms with Gasteiger partial charge in [-0.15, -0.1) is 0 Å². The summed E-state index contributed by atoms with van der Waals surface area (Å²) in [5, 5.41) is 7.42. The van der Waals surface area contributed by atoms with Crippen LogP contribution in [0.4, 0.5) is 0 Å². The van der Waals surface area contributed by atoms with Gasteiger partial charge in [0, 0.05) is 13.3 Å². The van der Waals surface area contributed by atoms with E-state index in [4.69, 9.17) is 9.90 Å². The van der Waals surface area contributed by atoms with Crippen LogP contribution in [0, 0.1) is 0 Å². The van der Waals surface area contributed by atoms with Crippen LogP contribution < -0.4 is 0 Å². The maximum Gasteiger partial charge on any atom is 0.305 e. The Morgan fingerprint density at radius 2 is 2.09 bits per heavy atom. The standard InChI is InChI=1S/C5H8O2.C2H4O2/c6-5-3-1-2-4-7-5;1-2(3)4/h1-4H2;1H3,(H,3,4). The summed E-state index contributed by atoms with van der Waals surface area (Å²) in [5.41, 5.74) is 0. The third-order valence-electron chi connectivity index (χ3n) is 1.04. The van der Waals surface area contributed by atoms with Crippen LogP contribution in [0.3, 0.4) is 0 Å². The van der Waals surface area contributed by atoms with Gasteiger partial charge in [0.1, 0.15) is 0 Å². The van der Waals surface area contributed by atoms with Crippen molar-refractivity contribution in [3.63, 3.8) is 0 Å². The number of carbonyl (C=O) groups is 2. The molecule has 0 aromatic rings. The Kier molecular flexibility index (Phi) is 5.15. The molecule has 1 N–H and O–H groups in total. The van der Waals surface area contributed by atoms with Gasteiger partial charge in [0.25, 0.3) is 5.97 Å². The van der Waals surface area contributed by atoms with Crippen LogP contribution in [-0.4, -0.2) is 23.7 Å². The van der Waals surface area contributed by atoms with Crippen molar-refractivity contribution in [2.24, 2.45) is 0 Å². The molecular formula is C7H12O4. The number of rotatable bonds is 0. The molecule has 1 rings (SSSR count). The van der Waals surface area contributed by atoms with E-state index < -0.39 is 5.97 Å². The molecule has 1 aliphatic heterocycles. The zero-order valence-electron chi connectivity index (χ0n) is 6.50. The van der Waals surface area contributed by atoms with Crippen molar-refractivity contribution in [3.8, 4) is 0 Å². The first-order valence-electron chi connectivity index (χ1n) is 3.48. The number of carboxylic acids is 1. The lowest BCUT2D eigenvalue weighted by Crippen LogP contribution is -2.10. The Hall–Kier alpha value is -1.06. The average molecular weight is 160 g/mol. The summed E-state index contributed by atoms with van der Waals surface area (Å²) in [4.78, 5) is 19.2. The largest absolute Gasteiger partial charge is 0.481 e. The Morgan fingerprint density at radius 3 is 2.27 bits per heavy atom. The number of carbonyl (C=O) groups excluding carboxylic acids is 1. The second-order valence-corrected chi connectivity index (χ2v) is 2.20. The van der Waals surface area contributed by atoms with Crippen molar-refractivity contribution >= 4 is 11.9 Å². The predicted octanol–water partition coefficient (Wildman–Crippen LogP) is 0.804. The SMILES string of the molecule is CC(=O)O.O=C1CCCCO1. The molecular weight excluding hydrogens is 148 g/mol. The number of hydrogen-bond acceptors (Lipinski definition) is 3. The van der Waals surface area contributed by atoms with Gasteiger partial charge < -0.3 is 9.84 Å². The van der Waals surface area contributed by atoms with E-state index in [2.05, 4.69) is 4.74 Å². The molecule has 1 saturated heterocycles. The summed E-state index contributed by atoms with van der Waals surface area (Å²) in [6, 6.07) is 0. The van der Waals surface area contributed by atoms with E-state index in [1.165, 1.54) is 0 Å². The minimum Gasteiger partial charge on any atom is -0.481 e. The van der Waals surface area contributed by atoms with Crippen LogP contribution in [-0.2, 0) is 14.3 Å². The Balaban J connectivity index is 0.000000218. The molecule has 0 aromatic heterocycles. The van der Waals surface area contributed by atoms with Gasteiger partial charge >= 0.3 is 5.97 Å². The van der Waals surface area contributed by atoms with E-state index in [1.807, 2.05) is 0 Å². The summed E-state index contributed by atoms with van der Waals surface area (Å²) in [6.45, 7) is 1.72. The summed E-state index contributed by atoms with van der Waals surface area (Å²) in [7, 11) is 0. The van der Waals surface area contributed by atoms with E-state index in [0.29, 0.717) is 13.0 Å². The second-order valence-electron chi connectivity index (χ2n) is 2.20. The fourth-order valence-electron chi connectivity index (χ4n) is 0.630. The number of ether oxygens (including phenoxy) is 1. The van der Waals surface area contributed by atoms with Crippen molar-refractivity contribution in [2.75, 3.05) is 6.61 Å². The van der Waals surface area contributed by atoms with Crippen LogP contribution in [0.2, 0.25) is 0 Å². The summed E-state index contributed by atoms with van der Waals surface area (Å²) in [5.74, 6) is -0.869. The Morgan fingerprint density at radius 1 is 1.55 bits per heavy atom. The normalized spacial score (nSPS) is 15.9. The van der Waals surface area contributed by atoms with Crippen molar-refractivity contribution in [2.45, 2.75) is 26.2 Å². The van der Waals surface area contributed by atoms with Gasteiger partial charge in [0.2, 0.25) is 0 Å². The average Bonchev–Trinajstić information content (AvgIpc) is 1.87. The lowest BCUT2D eigenvalue weighted by atomic mass is 10.2. The molecule has 0 radical (unpaired) electrons. The minimum atomic E-state index is -0.833. The molecule has 0 bridgehead atoms. The lowest BCUT2D eigenvalue weighted by molar-refractivity contribution is -0.146. The molecule has 0 amide bonds. The van der Waals surface area contributed by atoms with Crippen LogP contribution >= 0.6 is 0 Å². The fourth-order valence-corrected chi connectivity index (χ4v) is 0.630. The first-order valence-corrected chi connectivity index (χ1v) is 3.48. The molecule has 0 aliphatic carbocycles. The van der Waals surface area contributed by atoms with Gasteiger partial charge in [0.15, 0.2) is 0 Å². The monoisotopic (exact) mass is 160 g/mol. The second kappa shape index (κ2) is 5.70. The highest BCUT2D eigenvalue weighted by Gasteiger charge is 2.06. The van der Waals surface area contributed by atoms with Gasteiger partial charge in [-0.3, -0.25) is 9.59 Å². The van der Waals surface area contributed by atoms with Gasteiger partial charge in [-0.1, -0.05) is 0 Å². The molecule has 4 nitrogen and oxygen atoms in total. The molecule has 0 unspecified atom stereocenters. The molecule has 4 heteroatoms.